The van der Waals surface area contributed by atoms with Crippen molar-refractivity contribution in [1.29, 1.82) is 0 Å². The number of ether oxygens (including phenoxy) is 8. The highest BCUT2D eigenvalue weighted by Crippen LogP contribution is 2.59. The topological polar surface area (TPSA) is 413 Å². The van der Waals surface area contributed by atoms with E-state index in [-0.39, 0.29) is 102 Å². The highest BCUT2D eigenvalue weighted by Gasteiger charge is 2.79. The summed E-state index contributed by atoms with van der Waals surface area (Å²) >= 11 is 11.4. The van der Waals surface area contributed by atoms with E-state index in [0.29, 0.717) is 13.7 Å². The molecular formula is C64H76Cl2F28N12O19. The Hall–Kier alpha value is -8.01. The third-order valence-corrected chi connectivity index (χ3v) is 17.8. The van der Waals surface area contributed by atoms with E-state index in [1.165, 1.54) is 19.2 Å². The molecule has 7 aliphatic rings. The van der Waals surface area contributed by atoms with Gasteiger partial charge in [0, 0.05) is 0 Å². The van der Waals surface area contributed by atoms with Gasteiger partial charge >= 0.3 is 82.9 Å². The second-order valence-corrected chi connectivity index (χ2v) is 25.2. The van der Waals surface area contributed by atoms with Gasteiger partial charge in [-0.15, -0.1) is 0 Å². The molecule has 0 radical (unpaired) electrons. The molecule has 15 rings (SSSR count). The fourth-order valence-electron chi connectivity index (χ4n) is 10.8. The molecular weight excluding hydrogens is 1840 g/mol. The maximum Gasteiger partial charge on any atom is 0.362 e. The van der Waals surface area contributed by atoms with E-state index in [0.717, 1.165) is 62.6 Å². The Morgan fingerprint density at radius 1 is 0.320 bits per heavy atom. The van der Waals surface area contributed by atoms with Crippen molar-refractivity contribution in [3.8, 4) is 5.88 Å². The molecule has 8 aromatic rings. The number of aliphatic hydroxyl groups is 9. The fraction of sp³-hybridized carbons (Fsp3) is 0.641. The molecule has 8 aromatic heterocycles. The van der Waals surface area contributed by atoms with E-state index in [2.05, 4.69) is 86.8 Å². The first-order chi connectivity index (χ1) is 54.4. The highest BCUT2D eigenvalue weighted by atomic mass is 35.5. The number of rotatable bonds is 11. The van der Waals surface area contributed by atoms with Crippen LogP contribution in [0.15, 0.2) is 83.6 Å². The van der Waals surface area contributed by atoms with Crippen LogP contribution in [0.1, 0.15) is 94.4 Å². The third-order valence-electron chi connectivity index (χ3n) is 17.3. The average Bonchev–Trinajstić information content (AvgIpc) is 1.56. The summed E-state index contributed by atoms with van der Waals surface area (Å²) in [5.74, 6) is -64.7. The molecule has 61 heteroatoms. The number of halogens is 30. The SMILES string of the molecule is C.C.C.C.C.C.C.COc1ncnc2c1ncn2[C@@H]1O[C@H](CO)C(F)(F)C1(F)F.OC[C@H]1O[C@@H](O)C(F)(F)C1(F)F.OC[C@H]1O[C@@H](n2cnc3c(Cl)ncnc32)C(F)(F)C1(F)F.OC[C@H]1O[C@H](O)C(F)(F)C1(F)F.OC[C@H]1O[C@H](n2cnc3c(Cl)ncnc32)C(F)(F)C1(F)F.O[C@@H]1O[C@H](c2ccco2)C(F)(F)C1(F)F.O[C@H]1O[C@H](c2ccco2)C(F)(F)C1(F)F. The monoisotopic (exact) mass is 1920 g/mol. The Balaban J connectivity index is 0.000000495. The number of alkyl halides is 28. The molecule has 0 unspecified atom stereocenters. The summed E-state index contributed by atoms with van der Waals surface area (Å²) in [6.07, 6.45) is -27.0. The normalized spacial score (nSPS) is 29.2. The second-order valence-electron chi connectivity index (χ2n) is 24.5. The lowest BCUT2D eigenvalue weighted by Crippen LogP contribution is -2.47. The second kappa shape index (κ2) is 39.9. The Kier molecular flexibility index (Phi) is 36.1. The smallest absolute Gasteiger partial charge is 0.362 e. The van der Waals surface area contributed by atoms with Crippen LogP contribution < -0.4 is 4.74 Å². The van der Waals surface area contributed by atoms with Crippen LogP contribution in [0.2, 0.25) is 10.3 Å². The number of hydrogen-bond acceptors (Lipinski definition) is 28. The highest BCUT2D eigenvalue weighted by molar-refractivity contribution is 6.33. The summed E-state index contributed by atoms with van der Waals surface area (Å²) in [4.78, 5) is 33.3. The zero-order valence-electron chi connectivity index (χ0n) is 56.9. The van der Waals surface area contributed by atoms with Crippen molar-refractivity contribution >= 4 is 56.7 Å². The molecule has 14 atom stereocenters. The number of hydrogen-bond donors (Lipinski definition) is 9. The standard InChI is InChI=1S/C11H10F4N4O3.2C10H7ClF4N4O2.2C8H6F4O3.2C5H6F4O3.7CH4/c1-21-8-6-7(16-3-17-8)19(4-18-6)9-11(14,15)10(12,13)5(2-20)22-9;2*11-6-5-7(17-2-16-6)19(3-18-5)8-10(14,15)9(12,13)4(1-20)21-8;2*9-7(10)5(4-2-1-3-14-4)15-6(13)8(7,11)12;2*6-4(7)2(1-10)12-3(11)5(4,8)9;;;;;;;/h3-5,9,20H,2H2,1H3;2*2-4,8,20H,1H2;2*1-3,5-6,13H;2*2-3,10-11H,1H2;7*1H4/t5-,9-;4-,8+;4-,8-;5-,6+;5-,6-;2-,3+;2-,3-;;;;;;;/m1111111......./s1. The molecule has 15 heterocycles. The lowest BCUT2D eigenvalue weighted by molar-refractivity contribution is -0.234. The maximum atomic E-state index is 14.0. The summed E-state index contributed by atoms with van der Waals surface area (Å²) < 4.78 is 413. The number of furan rings is 2. The summed E-state index contributed by atoms with van der Waals surface area (Å²) in [6, 6.07) is 4.68. The van der Waals surface area contributed by atoms with Gasteiger partial charge in [-0.1, -0.05) is 75.2 Å². The van der Waals surface area contributed by atoms with Gasteiger partial charge in [-0.25, -0.2) is 39.9 Å². The number of imidazole rings is 3. The van der Waals surface area contributed by atoms with E-state index >= 15 is 0 Å². The Morgan fingerprint density at radius 3 is 0.776 bits per heavy atom. The van der Waals surface area contributed by atoms with Crippen LogP contribution in [0.25, 0.3) is 33.5 Å². The van der Waals surface area contributed by atoms with E-state index in [1.54, 1.807) is 0 Å². The van der Waals surface area contributed by atoms with Crippen molar-refractivity contribution in [2.24, 2.45) is 0 Å². The minimum Gasteiger partial charge on any atom is -0.479 e. The van der Waals surface area contributed by atoms with Crippen LogP contribution in [0.5, 0.6) is 5.88 Å². The Bertz CT molecular complexity index is 4500. The van der Waals surface area contributed by atoms with Crippen molar-refractivity contribution in [2.45, 2.75) is 221 Å². The molecule has 9 N–H and O–H groups in total. The van der Waals surface area contributed by atoms with Crippen LogP contribution >= 0.6 is 23.2 Å². The van der Waals surface area contributed by atoms with Gasteiger partial charge < -0.3 is 92.7 Å². The molecule has 31 nitrogen and oxygen atoms in total. The first-order valence-corrected chi connectivity index (χ1v) is 32.2. The van der Waals surface area contributed by atoms with Gasteiger partial charge in [0.1, 0.15) is 41.5 Å². The van der Waals surface area contributed by atoms with Crippen molar-refractivity contribution in [3.63, 3.8) is 0 Å². The van der Waals surface area contributed by atoms with Gasteiger partial charge in [-0.3, -0.25) is 13.7 Å². The van der Waals surface area contributed by atoms with Gasteiger partial charge in [0.2, 0.25) is 49.7 Å². The predicted molar refractivity (Wildman–Crippen MR) is 365 cm³/mol. The van der Waals surface area contributed by atoms with E-state index in [9.17, 15) is 123 Å². The molecule has 125 heavy (non-hydrogen) atoms. The third kappa shape index (κ3) is 19.0. The first-order valence-electron chi connectivity index (χ1n) is 31.5. The lowest BCUT2D eigenvalue weighted by Gasteiger charge is -2.23. The molecule has 0 aliphatic carbocycles. The predicted octanol–water partition coefficient (Wildman–Crippen LogP) is 12.5. The van der Waals surface area contributed by atoms with E-state index in [1.807, 2.05) is 0 Å². The van der Waals surface area contributed by atoms with Crippen LogP contribution in [-0.2, 0) is 33.2 Å². The molecule has 716 valence electrons. The number of methoxy groups -OCH3 is 1. The van der Waals surface area contributed by atoms with Crippen molar-refractivity contribution < 1.29 is 216 Å². The molecule has 0 aromatic carbocycles. The number of fused-ring (bicyclic) bond motifs is 3. The molecule has 7 fully saturated rings. The fourth-order valence-corrected chi connectivity index (χ4v) is 11.2. The summed E-state index contributed by atoms with van der Waals surface area (Å²) in [7, 11) is 1.29. The maximum absolute atomic E-state index is 14.0. The van der Waals surface area contributed by atoms with Gasteiger partial charge in [0.05, 0.1) is 71.7 Å². The number of aliphatic hydroxyl groups excluding tert-OH is 9. The average molecular weight is 1920 g/mol. The molecule has 0 saturated carbocycles. The molecule has 7 saturated heterocycles. The zero-order chi connectivity index (χ0) is 88.6. The van der Waals surface area contributed by atoms with Crippen molar-refractivity contribution in [2.75, 3.05) is 40.1 Å². The minimum absolute atomic E-state index is 0. The van der Waals surface area contributed by atoms with Crippen LogP contribution in [0.4, 0.5) is 123 Å². The van der Waals surface area contributed by atoms with Gasteiger partial charge in [-0.05, 0) is 24.3 Å². The minimum atomic E-state index is -4.64. The summed E-state index contributed by atoms with van der Waals surface area (Å²) in [5.41, 5.74) is -0.502. The molecule has 7 aliphatic heterocycles. The summed E-state index contributed by atoms with van der Waals surface area (Å²) in [5, 5.41) is 76.6. The quantitative estimate of drug-likeness (QED) is 0.0429. The van der Waals surface area contributed by atoms with Crippen LogP contribution in [0.3, 0.4) is 0 Å². The first kappa shape index (κ1) is 113. The zero-order valence-corrected chi connectivity index (χ0v) is 58.4. The Labute approximate surface area is 693 Å². The van der Waals surface area contributed by atoms with Crippen LogP contribution in [-0.4, -0.2) is 283 Å². The lowest BCUT2D eigenvalue weighted by atomic mass is 10.1. The van der Waals surface area contributed by atoms with E-state index < -0.39 is 214 Å². The van der Waals surface area contributed by atoms with Gasteiger partial charge in [0.25, 0.3) is 0 Å². The molecule has 0 bridgehead atoms. The Morgan fingerprint density at radius 2 is 0.560 bits per heavy atom. The number of aromatic nitrogens is 12. The van der Waals surface area contributed by atoms with Crippen molar-refractivity contribution in [1.82, 2.24) is 58.6 Å². The largest absolute Gasteiger partial charge is 0.479 e. The van der Waals surface area contributed by atoms with Gasteiger partial charge in [0.15, 0.2) is 75.5 Å². The number of nitrogens with zero attached hydrogens (tertiary/aromatic N) is 12. The molecule has 0 spiro atoms. The van der Waals surface area contributed by atoms with Crippen molar-refractivity contribution in [3.05, 3.63) is 96.6 Å². The van der Waals surface area contributed by atoms with Crippen LogP contribution in [0, 0.1) is 0 Å². The van der Waals surface area contributed by atoms with E-state index in [4.69, 9.17) is 73.9 Å². The summed E-state index contributed by atoms with van der Waals surface area (Å²) in [6.45, 7) is -6.27. The molecule has 0 amide bonds. The van der Waals surface area contributed by atoms with Gasteiger partial charge in [-0.2, -0.15) is 128 Å².